The smallest absolute Gasteiger partial charge is 0.328 e. The van der Waals surface area contributed by atoms with Gasteiger partial charge in [0.15, 0.2) is 0 Å². The molecule has 104 valence electrons. The van der Waals surface area contributed by atoms with Gasteiger partial charge in [0, 0.05) is 33.1 Å². The lowest BCUT2D eigenvalue weighted by Gasteiger charge is -2.01. The summed E-state index contributed by atoms with van der Waals surface area (Å²) >= 11 is 6.05. The Morgan fingerprint density at radius 2 is 1.95 bits per heavy atom. The molecule has 0 saturated heterocycles. The normalized spacial score (nSPS) is 11.3. The fourth-order valence-electron chi connectivity index (χ4n) is 2.36. The van der Waals surface area contributed by atoms with Crippen LogP contribution in [0.15, 0.2) is 54.6 Å². The van der Waals surface area contributed by atoms with Crippen LogP contribution in [0.5, 0.6) is 0 Å². The minimum absolute atomic E-state index is 0.638. The van der Waals surface area contributed by atoms with Gasteiger partial charge in [0.1, 0.15) is 0 Å². The van der Waals surface area contributed by atoms with Crippen molar-refractivity contribution in [2.75, 3.05) is 0 Å². The van der Waals surface area contributed by atoms with E-state index in [2.05, 4.69) is 4.98 Å². The van der Waals surface area contributed by atoms with Crippen LogP contribution in [0.25, 0.3) is 28.2 Å². The summed E-state index contributed by atoms with van der Waals surface area (Å²) in [7, 11) is 0. The number of fused-ring (bicyclic) bond motifs is 1. The van der Waals surface area contributed by atoms with Crippen molar-refractivity contribution in [2.24, 2.45) is 0 Å². The lowest BCUT2D eigenvalue weighted by atomic mass is 10.0. The van der Waals surface area contributed by atoms with Crippen molar-refractivity contribution in [3.8, 4) is 11.3 Å². The lowest BCUT2D eigenvalue weighted by molar-refractivity contribution is -0.131. The second-order valence-electron chi connectivity index (χ2n) is 4.64. The molecule has 0 amide bonds. The van der Waals surface area contributed by atoms with Crippen LogP contribution in [0.1, 0.15) is 5.56 Å². The fraction of sp³-hybridized carbons (Fsp3) is 0. The van der Waals surface area contributed by atoms with E-state index in [9.17, 15) is 4.79 Å². The molecule has 3 nitrogen and oxygen atoms in total. The van der Waals surface area contributed by atoms with Gasteiger partial charge in [0.05, 0.1) is 5.69 Å². The van der Waals surface area contributed by atoms with Crippen molar-refractivity contribution in [3.63, 3.8) is 0 Å². The van der Waals surface area contributed by atoms with Crippen LogP contribution in [0.2, 0.25) is 5.02 Å². The second kappa shape index (κ2) is 5.46. The van der Waals surface area contributed by atoms with Gasteiger partial charge in [0.2, 0.25) is 0 Å². The third kappa shape index (κ3) is 2.69. The number of benzene rings is 2. The van der Waals surface area contributed by atoms with E-state index >= 15 is 0 Å². The molecular formula is C17H12ClNO2. The third-order valence-electron chi connectivity index (χ3n) is 3.25. The number of hydrogen-bond acceptors (Lipinski definition) is 1. The Hall–Kier alpha value is -2.52. The number of carboxylic acids is 1. The molecule has 0 aliphatic carbocycles. The largest absolute Gasteiger partial charge is 0.478 e. The summed E-state index contributed by atoms with van der Waals surface area (Å²) in [6, 6.07) is 15.2. The van der Waals surface area contributed by atoms with E-state index in [-0.39, 0.29) is 0 Å². The Morgan fingerprint density at radius 1 is 1.14 bits per heavy atom. The number of H-pyrrole nitrogens is 1. The summed E-state index contributed by atoms with van der Waals surface area (Å²) in [6.45, 7) is 0. The maximum atomic E-state index is 10.8. The number of carbonyl (C=O) groups is 1. The van der Waals surface area contributed by atoms with Crippen LogP contribution >= 0.6 is 11.6 Å². The van der Waals surface area contributed by atoms with E-state index in [0.717, 1.165) is 33.8 Å². The van der Waals surface area contributed by atoms with Gasteiger partial charge in [-0.05, 0) is 24.3 Å². The Labute approximate surface area is 126 Å². The molecule has 1 heterocycles. The average Bonchev–Trinajstić information content (AvgIpc) is 2.84. The minimum Gasteiger partial charge on any atom is -0.478 e. The molecule has 0 aliphatic rings. The van der Waals surface area contributed by atoms with Gasteiger partial charge in [-0.25, -0.2) is 4.79 Å². The first-order valence-corrected chi connectivity index (χ1v) is 6.80. The first-order valence-electron chi connectivity index (χ1n) is 6.43. The maximum absolute atomic E-state index is 10.8. The summed E-state index contributed by atoms with van der Waals surface area (Å²) in [5, 5.41) is 10.5. The van der Waals surface area contributed by atoms with Gasteiger partial charge >= 0.3 is 5.97 Å². The van der Waals surface area contributed by atoms with Gasteiger partial charge < -0.3 is 10.1 Å². The van der Waals surface area contributed by atoms with E-state index in [1.54, 1.807) is 12.1 Å². The molecule has 3 rings (SSSR count). The van der Waals surface area contributed by atoms with Crippen LogP contribution in [-0.4, -0.2) is 16.1 Å². The van der Waals surface area contributed by atoms with Crippen LogP contribution in [0.4, 0.5) is 0 Å². The van der Waals surface area contributed by atoms with Crippen molar-refractivity contribution >= 4 is 34.5 Å². The van der Waals surface area contributed by atoms with Crippen molar-refractivity contribution in [1.29, 1.82) is 0 Å². The number of hydrogen-bond donors (Lipinski definition) is 2. The van der Waals surface area contributed by atoms with E-state index < -0.39 is 5.97 Å². The zero-order valence-corrected chi connectivity index (χ0v) is 11.8. The quantitative estimate of drug-likeness (QED) is 0.695. The standard InChI is InChI=1S/C17H12ClNO2/c18-12-5-3-4-11(10-12)17-14(8-9-16(20)21)13-6-1-2-7-15(13)19-17/h1-10,19H,(H,20,21)/b9-8+. The first kappa shape index (κ1) is 13.5. The zero-order chi connectivity index (χ0) is 14.8. The van der Waals surface area contributed by atoms with Crippen molar-refractivity contribution in [2.45, 2.75) is 0 Å². The second-order valence-corrected chi connectivity index (χ2v) is 5.08. The number of carboxylic acid groups (broad SMARTS) is 1. The van der Waals surface area contributed by atoms with Gasteiger partial charge in [-0.1, -0.05) is 41.9 Å². The summed E-state index contributed by atoms with van der Waals surface area (Å²) in [5.41, 5.74) is 3.58. The van der Waals surface area contributed by atoms with E-state index in [4.69, 9.17) is 16.7 Å². The fourth-order valence-corrected chi connectivity index (χ4v) is 2.55. The molecule has 0 atom stereocenters. The molecule has 0 bridgehead atoms. The Morgan fingerprint density at radius 3 is 2.71 bits per heavy atom. The van der Waals surface area contributed by atoms with Crippen LogP contribution in [-0.2, 0) is 4.79 Å². The lowest BCUT2D eigenvalue weighted by Crippen LogP contribution is -1.86. The number of aromatic amines is 1. The summed E-state index contributed by atoms with van der Waals surface area (Å²) in [5.74, 6) is -0.975. The Bertz CT molecular complexity index is 849. The van der Waals surface area contributed by atoms with Gasteiger partial charge in [0.25, 0.3) is 0 Å². The highest BCUT2D eigenvalue weighted by Crippen LogP contribution is 2.32. The van der Waals surface area contributed by atoms with Crippen molar-refractivity contribution in [3.05, 3.63) is 65.2 Å². The van der Waals surface area contributed by atoms with Crippen LogP contribution in [0.3, 0.4) is 0 Å². The predicted octanol–water partition coefficient (Wildman–Crippen LogP) is 4.59. The van der Waals surface area contributed by atoms with E-state index in [1.807, 2.05) is 42.5 Å². The number of aliphatic carboxylic acids is 1. The molecule has 1 aromatic heterocycles. The third-order valence-corrected chi connectivity index (χ3v) is 3.49. The molecule has 21 heavy (non-hydrogen) atoms. The highest BCUT2D eigenvalue weighted by Gasteiger charge is 2.11. The predicted molar refractivity (Wildman–Crippen MR) is 85.4 cm³/mol. The topological polar surface area (TPSA) is 53.1 Å². The molecule has 0 aliphatic heterocycles. The summed E-state index contributed by atoms with van der Waals surface area (Å²) in [4.78, 5) is 14.1. The maximum Gasteiger partial charge on any atom is 0.328 e. The Kier molecular flexibility index (Phi) is 3.50. The SMILES string of the molecule is O=C(O)/C=C/c1c(-c2cccc(Cl)c2)[nH]c2ccccc12. The van der Waals surface area contributed by atoms with Crippen molar-refractivity contribution in [1.82, 2.24) is 4.98 Å². The highest BCUT2D eigenvalue weighted by atomic mass is 35.5. The molecule has 3 aromatic rings. The minimum atomic E-state index is -0.975. The molecule has 2 N–H and O–H groups in total. The average molecular weight is 298 g/mol. The first-order chi connectivity index (χ1) is 10.1. The van der Waals surface area contributed by atoms with E-state index in [1.165, 1.54) is 0 Å². The van der Waals surface area contributed by atoms with Crippen molar-refractivity contribution < 1.29 is 9.90 Å². The van der Waals surface area contributed by atoms with Gasteiger partial charge in [-0.3, -0.25) is 0 Å². The molecule has 0 fully saturated rings. The molecule has 0 radical (unpaired) electrons. The zero-order valence-electron chi connectivity index (χ0n) is 11.0. The number of rotatable bonds is 3. The number of aromatic nitrogens is 1. The number of para-hydroxylation sites is 1. The molecule has 0 unspecified atom stereocenters. The van der Waals surface area contributed by atoms with E-state index in [0.29, 0.717) is 5.02 Å². The Balaban J connectivity index is 2.26. The summed E-state index contributed by atoms with van der Waals surface area (Å²) < 4.78 is 0. The molecule has 2 aromatic carbocycles. The van der Waals surface area contributed by atoms with Gasteiger partial charge in [-0.15, -0.1) is 0 Å². The number of halogens is 1. The highest BCUT2D eigenvalue weighted by molar-refractivity contribution is 6.30. The van der Waals surface area contributed by atoms with Crippen LogP contribution in [0, 0.1) is 0 Å². The molecule has 0 spiro atoms. The summed E-state index contributed by atoms with van der Waals surface area (Å²) in [6.07, 6.45) is 2.75. The molecule has 0 saturated carbocycles. The molecule has 4 heteroatoms. The monoisotopic (exact) mass is 297 g/mol. The van der Waals surface area contributed by atoms with Crippen LogP contribution < -0.4 is 0 Å². The van der Waals surface area contributed by atoms with Gasteiger partial charge in [-0.2, -0.15) is 0 Å². The molecular weight excluding hydrogens is 286 g/mol. The number of nitrogens with one attached hydrogen (secondary N) is 1.